The number of fused-ring (bicyclic) bond motifs is 1. The number of aryl methyl sites for hydroxylation is 1. The molecule has 0 bridgehead atoms. The van der Waals surface area contributed by atoms with E-state index < -0.39 is 5.91 Å². The first-order valence-electron chi connectivity index (χ1n) is 7.67. The number of methoxy groups -OCH3 is 2. The first-order valence-corrected chi connectivity index (χ1v) is 7.67. The molecule has 128 valence electrons. The smallest absolute Gasteiger partial charge is 0.261 e. The van der Waals surface area contributed by atoms with Crippen molar-refractivity contribution in [3.63, 3.8) is 0 Å². The van der Waals surface area contributed by atoms with Crippen LogP contribution < -0.4 is 20.2 Å². The fourth-order valence-corrected chi connectivity index (χ4v) is 2.70. The molecule has 1 amide bonds. The lowest BCUT2D eigenvalue weighted by atomic mass is 10.1. The second-order valence-electron chi connectivity index (χ2n) is 5.52. The van der Waals surface area contributed by atoms with E-state index in [1.807, 2.05) is 12.1 Å². The molecule has 2 aromatic carbocycles. The fourth-order valence-electron chi connectivity index (χ4n) is 2.70. The lowest BCUT2D eigenvalue weighted by molar-refractivity contribution is 0.102. The summed E-state index contributed by atoms with van der Waals surface area (Å²) in [5.41, 5.74) is 0.948. The van der Waals surface area contributed by atoms with E-state index in [2.05, 4.69) is 5.32 Å². The van der Waals surface area contributed by atoms with Crippen LogP contribution in [0.1, 0.15) is 10.4 Å². The molecule has 25 heavy (non-hydrogen) atoms. The summed E-state index contributed by atoms with van der Waals surface area (Å²) >= 11 is 0. The second kappa shape index (κ2) is 6.68. The maximum absolute atomic E-state index is 12.7. The number of rotatable bonds is 4. The lowest BCUT2D eigenvalue weighted by Crippen LogP contribution is -2.23. The summed E-state index contributed by atoms with van der Waals surface area (Å²) in [6, 6.07) is 12.2. The number of pyridine rings is 1. The molecule has 3 aromatic rings. The average molecular weight is 338 g/mol. The zero-order chi connectivity index (χ0) is 18.0. The Labute approximate surface area is 144 Å². The Bertz CT molecular complexity index is 1010. The molecule has 0 aliphatic carbocycles. The van der Waals surface area contributed by atoms with Gasteiger partial charge < -0.3 is 19.4 Å². The quantitative estimate of drug-likeness (QED) is 0.794. The average Bonchev–Trinajstić information content (AvgIpc) is 2.64. The topological polar surface area (TPSA) is 69.6 Å². The van der Waals surface area contributed by atoms with Crippen molar-refractivity contribution in [2.24, 2.45) is 7.05 Å². The van der Waals surface area contributed by atoms with Crippen molar-refractivity contribution in [1.82, 2.24) is 4.57 Å². The lowest BCUT2D eigenvalue weighted by Gasteiger charge is -2.13. The molecule has 0 aliphatic heterocycles. The minimum absolute atomic E-state index is 0.0612. The summed E-state index contributed by atoms with van der Waals surface area (Å²) in [4.78, 5) is 25.3. The monoisotopic (exact) mass is 338 g/mol. The highest BCUT2D eigenvalue weighted by molar-refractivity contribution is 6.06. The number of ether oxygens (including phenoxy) is 2. The molecule has 0 saturated heterocycles. The van der Waals surface area contributed by atoms with Gasteiger partial charge in [-0.15, -0.1) is 0 Å². The van der Waals surface area contributed by atoms with Crippen LogP contribution in [0.2, 0.25) is 0 Å². The van der Waals surface area contributed by atoms with Crippen molar-refractivity contribution in [3.8, 4) is 11.5 Å². The number of para-hydroxylation sites is 1. The Morgan fingerprint density at radius 1 is 1.08 bits per heavy atom. The normalized spacial score (nSPS) is 10.5. The minimum atomic E-state index is -0.502. The van der Waals surface area contributed by atoms with Crippen molar-refractivity contribution >= 4 is 22.5 Å². The second-order valence-corrected chi connectivity index (χ2v) is 5.52. The highest BCUT2D eigenvalue weighted by Crippen LogP contribution is 2.29. The third kappa shape index (κ3) is 3.06. The summed E-state index contributed by atoms with van der Waals surface area (Å²) in [5, 5.41) is 3.22. The zero-order valence-electron chi connectivity index (χ0n) is 14.2. The van der Waals surface area contributed by atoms with E-state index in [1.54, 1.807) is 41.9 Å². The number of carbonyl (C=O) groups excluding carboxylic acids is 1. The van der Waals surface area contributed by atoms with Crippen LogP contribution in [0, 0.1) is 0 Å². The van der Waals surface area contributed by atoms with E-state index in [0.29, 0.717) is 22.6 Å². The number of nitrogens with zero attached hydrogens (tertiary/aromatic N) is 1. The summed E-state index contributed by atoms with van der Waals surface area (Å²) in [6.07, 6.45) is 1.53. The van der Waals surface area contributed by atoms with Gasteiger partial charge in [-0.3, -0.25) is 9.59 Å². The first-order chi connectivity index (χ1) is 12.0. The van der Waals surface area contributed by atoms with Crippen LogP contribution in [0.25, 0.3) is 10.9 Å². The van der Waals surface area contributed by atoms with E-state index in [-0.39, 0.29) is 11.0 Å². The molecule has 3 rings (SSSR count). The Hall–Kier alpha value is -3.28. The molecule has 0 atom stereocenters. The van der Waals surface area contributed by atoms with Gasteiger partial charge in [0.1, 0.15) is 17.1 Å². The van der Waals surface area contributed by atoms with Crippen molar-refractivity contribution in [2.45, 2.75) is 0 Å². The van der Waals surface area contributed by atoms with Gasteiger partial charge in [-0.25, -0.2) is 0 Å². The van der Waals surface area contributed by atoms with Crippen LogP contribution >= 0.6 is 0 Å². The van der Waals surface area contributed by atoms with Crippen LogP contribution in [-0.4, -0.2) is 24.7 Å². The molecule has 6 heteroatoms. The van der Waals surface area contributed by atoms with E-state index in [9.17, 15) is 9.59 Å². The molecule has 0 fully saturated rings. The molecule has 0 spiro atoms. The molecule has 0 unspecified atom stereocenters. The van der Waals surface area contributed by atoms with Gasteiger partial charge >= 0.3 is 0 Å². The number of nitrogens with one attached hydrogen (secondary N) is 1. The SMILES string of the molecule is COc1ccc(OC)c(NC(=O)c2cn(C)c3ccccc3c2=O)c1. The van der Waals surface area contributed by atoms with Crippen molar-refractivity contribution in [3.05, 3.63) is 64.4 Å². The first kappa shape index (κ1) is 16.6. The number of hydrogen-bond donors (Lipinski definition) is 1. The molecule has 0 radical (unpaired) electrons. The molecule has 1 N–H and O–H groups in total. The van der Waals surface area contributed by atoms with Gasteiger partial charge in [0.25, 0.3) is 5.91 Å². The number of carbonyl (C=O) groups is 1. The molecule has 0 aliphatic rings. The Morgan fingerprint density at radius 2 is 1.84 bits per heavy atom. The summed E-state index contributed by atoms with van der Waals surface area (Å²) < 4.78 is 12.2. The number of benzene rings is 2. The maximum atomic E-state index is 12.7. The highest BCUT2D eigenvalue weighted by Gasteiger charge is 2.16. The summed E-state index contributed by atoms with van der Waals surface area (Å²) in [6.45, 7) is 0. The maximum Gasteiger partial charge on any atom is 0.261 e. The molecular weight excluding hydrogens is 320 g/mol. The van der Waals surface area contributed by atoms with Crippen LogP contribution in [0.4, 0.5) is 5.69 Å². The van der Waals surface area contributed by atoms with E-state index in [1.165, 1.54) is 20.4 Å². The molecular formula is C19H18N2O4. The third-order valence-electron chi connectivity index (χ3n) is 4.00. The van der Waals surface area contributed by atoms with Gasteiger partial charge in [0.2, 0.25) is 5.43 Å². The van der Waals surface area contributed by atoms with Gasteiger partial charge in [0.15, 0.2) is 0 Å². The van der Waals surface area contributed by atoms with Gasteiger partial charge in [0, 0.05) is 24.7 Å². The van der Waals surface area contributed by atoms with E-state index in [4.69, 9.17) is 9.47 Å². The van der Waals surface area contributed by atoms with Gasteiger partial charge in [-0.1, -0.05) is 12.1 Å². The predicted octanol–water partition coefficient (Wildman–Crippen LogP) is 2.81. The van der Waals surface area contributed by atoms with Crippen LogP contribution in [0.15, 0.2) is 53.5 Å². The van der Waals surface area contributed by atoms with Crippen molar-refractivity contribution in [2.75, 3.05) is 19.5 Å². The van der Waals surface area contributed by atoms with E-state index >= 15 is 0 Å². The van der Waals surface area contributed by atoms with Crippen molar-refractivity contribution < 1.29 is 14.3 Å². The van der Waals surface area contributed by atoms with Crippen LogP contribution in [0.3, 0.4) is 0 Å². The van der Waals surface area contributed by atoms with Gasteiger partial charge in [-0.2, -0.15) is 0 Å². The standard InChI is InChI=1S/C19H18N2O4/c1-21-11-14(18(22)13-6-4-5-7-16(13)21)19(23)20-15-10-12(24-2)8-9-17(15)25-3/h4-11H,1-3H3,(H,20,23). The number of hydrogen-bond acceptors (Lipinski definition) is 4. The highest BCUT2D eigenvalue weighted by atomic mass is 16.5. The molecule has 6 nitrogen and oxygen atoms in total. The molecule has 1 aromatic heterocycles. The largest absolute Gasteiger partial charge is 0.497 e. The van der Waals surface area contributed by atoms with Crippen LogP contribution in [0.5, 0.6) is 11.5 Å². The van der Waals surface area contributed by atoms with Crippen LogP contribution in [-0.2, 0) is 7.05 Å². The third-order valence-corrected chi connectivity index (χ3v) is 4.00. The zero-order valence-corrected chi connectivity index (χ0v) is 14.2. The summed E-state index contributed by atoms with van der Waals surface area (Å²) in [5.74, 6) is 0.548. The van der Waals surface area contributed by atoms with E-state index in [0.717, 1.165) is 5.52 Å². The Balaban J connectivity index is 2.04. The summed E-state index contributed by atoms with van der Waals surface area (Å²) in [7, 11) is 4.84. The van der Waals surface area contributed by atoms with Gasteiger partial charge in [0.05, 0.1) is 25.4 Å². The number of anilines is 1. The molecule has 1 heterocycles. The fraction of sp³-hybridized carbons (Fsp3) is 0.158. The number of aromatic nitrogens is 1. The Kier molecular flexibility index (Phi) is 4.43. The predicted molar refractivity (Wildman–Crippen MR) is 96.7 cm³/mol. The Morgan fingerprint density at radius 3 is 2.56 bits per heavy atom. The van der Waals surface area contributed by atoms with Crippen molar-refractivity contribution in [1.29, 1.82) is 0 Å². The number of amides is 1. The van der Waals surface area contributed by atoms with Gasteiger partial charge in [-0.05, 0) is 24.3 Å². The minimum Gasteiger partial charge on any atom is -0.497 e. The molecule has 0 saturated carbocycles.